The molecular formula is C16H20O5S2. The van der Waals surface area contributed by atoms with Gasteiger partial charge in [0.05, 0.1) is 33.2 Å². The number of benzene rings is 1. The Kier molecular flexibility index (Phi) is 7.91. The van der Waals surface area contributed by atoms with Crippen LogP contribution >= 0.6 is 23.5 Å². The number of thioether (sulfide) groups is 2. The van der Waals surface area contributed by atoms with Gasteiger partial charge in [0, 0.05) is 10.3 Å². The van der Waals surface area contributed by atoms with Gasteiger partial charge in [-0.2, -0.15) is 0 Å². The van der Waals surface area contributed by atoms with Crippen LogP contribution < -0.4 is 14.2 Å². The van der Waals surface area contributed by atoms with Crippen molar-refractivity contribution in [2.24, 2.45) is 0 Å². The normalized spacial score (nSPS) is 10.9. The molecule has 0 radical (unpaired) electrons. The number of ketones is 1. The number of allylic oxidation sites excluding steroid dienone is 2. The fourth-order valence-electron chi connectivity index (χ4n) is 1.90. The number of methoxy groups -OCH3 is 3. The minimum Gasteiger partial charge on any atom is -0.515 e. The molecule has 126 valence electrons. The van der Waals surface area contributed by atoms with Gasteiger partial charge in [0.2, 0.25) is 5.75 Å². The Morgan fingerprint density at radius 2 is 1.57 bits per heavy atom. The van der Waals surface area contributed by atoms with Crippen LogP contribution in [0, 0.1) is 0 Å². The molecule has 0 saturated heterocycles. The number of aliphatic hydroxyl groups excluding tert-OH is 1. The molecule has 0 aliphatic rings. The number of rotatable bonds is 8. The molecule has 0 aliphatic heterocycles. The summed E-state index contributed by atoms with van der Waals surface area (Å²) in [7, 11) is 4.48. The van der Waals surface area contributed by atoms with Gasteiger partial charge in [-0.3, -0.25) is 4.79 Å². The maximum absolute atomic E-state index is 12.4. The van der Waals surface area contributed by atoms with Gasteiger partial charge in [0.25, 0.3) is 0 Å². The van der Waals surface area contributed by atoms with E-state index in [9.17, 15) is 9.90 Å². The highest BCUT2D eigenvalue weighted by molar-refractivity contribution is 8.21. The van der Waals surface area contributed by atoms with E-state index in [4.69, 9.17) is 14.2 Å². The van der Waals surface area contributed by atoms with Crippen molar-refractivity contribution in [2.45, 2.75) is 0 Å². The highest BCUT2D eigenvalue weighted by Gasteiger charge is 2.18. The highest BCUT2D eigenvalue weighted by atomic mass is 32.2. The number of aliphatic hydroxyl groups is 1. The fourth-order valence-corrected chi connectivity index (χ4v) is 3.02. The summed E-state index contributed by atoms with van der Waals surface area (Å²) in [6.45, 7) is 0. The van der Waals surface area contributed by atoms with E-state index in [-0.39, 0.29) is 11.4 Å². The molecule has 1 rings (SSSR count). The fraction of sp³-hybridized carbons (Fsp3) is 0.312. The molecular weight excluding hydrogens is 336 g/mol. The Hall–Kier alpha value is -1.73. The zero-order valence-corrected chi connectivity index (χ0v) is 15.3. The van der Waals surface area contributed by atoms with E-state index in [1.165, 1.54) is 50.9 Å². The number of ether oxygens (including phenoxy) is 3. The molecule has 0 atom stereocenters. The molecule has 0 aromatic heterocycles. The third-order valence-corrected chi connectivity index (χ3v) is 5.06. The summed E-state index contributed by atoms with van der Waals surface area (Å²) < 4.78 is 16.6. The largest absolute Gasteiger partial charge is 0.515 e. The van der Waals surface area contributed by atoms with E-state index in [1.54, 1.807) is 12.1 Å². The van der Waals surface area contributed by atoms with Crippen LogP contribution in [-0.4, -0.2) is 44.7 Å². The molecule has 5 nitrogen and oxygen atoms in total. The van der Waals surface area contributed by atoms with Crippen molar-refractivity contribution in [2.75, 3.05) is 33.8 Å². The van der Waals surface area contributed by atoms with Crippen molar-refractivity contribution in [3.63, 3.8) is 0 Å². The third kappa shape index (κ3) is 4.62. The Labute approximate surface area is 144 Å². The van der Waals surface area contributed by atoms with Gasteiger partial charge in [-0.1, -0.05) is 0 Å². The first-order valence-corrected chi connectivity index (χ1v) is 8.99. The summed E-state index contributed by atoms with van der Waals surface area (Å²) >= 11 is 2.94. The molecule has 1 aromatic carbocycles. The van der Waals surface area contributed by atoms with E-state index in [1.807, 2.05) is 12.5 Å². The number of hydrogen-bond acceptors (Lipinski definition) is 7. The lowest BCUT2D eigenvalue weighted by Crippen LogP contribution is -2.02. The monoisotopic (exact) mass is 356 g/mol. The minimum atomic E-state index is -0.305. The van der Waals surface area contributed by atoms with Gasteiger partial charge in [-0.15, -0.1) is 23.5 Å². The summed E-state index contributed by atoms with van der Waals surface area (Å²) in [4.78, 5) is 12.4. The summed E-state index contributed by atoms with van der Waals surface area (Å²) in [5, 5.41) is 9.52. The molecule has 0 unspecified atom stereocenters. The Morgan fingerprint density at radius 3 is 1.91 bits per heavy atom. The molecule has 0 amide bonds. The van der Waals surface area contributed by atoms with Crippen molar-refractivity contribution in [1.82, 2.24) is 0 Å². The maximum atomic E-state index is 12.4. The molecule has 0 fully saturated rings. The predicted octanol–water partition coefficient (Wildman–Crippen LogP) is 3.75. The third-order valence-electron chi connectivity index (χ3n) is 3.02. The first-order chi connectivity index (χ1) is 11.1. The zero-order valence-electron chi connectivity index (χ0n) is 13.7. The van der Waals surface area contributed by atoms with E-state index in [0.717, 1.165) is 10.5 Å². The topological polar surface area (TPSA) is 65.0 Å². The molecule has 7 heteroatoms. The second-order valence-electron chi connectivity index (χ2n) is 4.19. The molecule has 0 heterocycles. The van der Waals surface area contributed by atoms with Gasteiger partial charge in [-0.25, -0.2) is 0 Å². The summed E-state index contributed by atoms with van der Waals surface area (Å²) in [5.41, 5.74) is 0.620. The lowest BCUT2D eigenvalue weighted by atomic mass is 10.0. The Balaban J connectivity index is 3.37. The van der Waals surface area contributed by atoms with Gasteiger partial charge in [-0.05, 0) is 30.2 Å². The van der Waals surface area contributed by atoms with Gasteiger partial charge < -0.3 is 19.3 Å². The van der Waals surface area contributed by atoms with Crippen molar-refractivity contribution in [1.29, 1.82) is 0 Å². The van der Waals surface area contributed by atoms with Crippen molar-refractivity contribution in [3.05, 3.63) is 34.3 Å². The van der Waals surface area contributed by atoms with Crippen LogP contribution in [0.4, 0.5) is 0 Å². The summed E-state index contributed by atoms with van der Waals surface area (Å²) in [6, 6.07) is 3.24. The lowest BCUT2D eigenvalue weighted by Gasteiger charge is -2.14. The van der Waals surface area contributed by atoms with Crippen LogP contribution in [0.15, 0.2) is 28.7 Å². The highest BCUT2D eigenvalue weighted by Crippen LogP contribution is 2.40. The zero-order chi connectivity index (χ0) is 17.4. The van der Waals surface area contributed by atoms with Crippen LogP contribution in [0.3, 0.4) is 0 Å². The van der Waals surface area contributed by atoms with Gasteiger partial charge in [0.15, 0.2) is 17.3 Å². The minimum absolute atomic E-state index is 0.143. The summed E-state index contributed by atoms with van der Waals surface area (Å²) in [6.07, 6.45) is 6.05. The maximum Gasteiger partial charge on any atom is 0.203 e. The first-order valence-electron chi connectivity index (χ1n) is 6.54. The standard InChI is InChI=1S/C16H20O5S2/c1-19-13-6-10(7-14(20-2)16(13)21-3)11(9-17)12(18)8-15(22-4)23-5/h6-9,17H,1-5H3/b11-9-. The number of carbonyl (C=O) groups is 1. The van der Waals surface area contributed by atoms with Crippen LogP contribution in [0.5, 0.6) is 17.2 Å². The van der Waals surface area contributed by atoms with E-state index in [2.05, 4.69) is 0 Å². The second kappa shape index (κ2) is 9.42. The van der Waals surface area contributed by atoms with E-state index >= 15 is 0 Å². The van der Waals surface area contributed by atoms with Gasteiger partial charge >= 0.3 is 0 Å². The SMILES string of the molecule is COc1cc(/C(=C/O)C(=O)C=C(SC)SC)cc(OC)c1OC. The molecule has 1 aromatic rings. The average molecular weight is 356 g/mol. The molecule has 0 bridgehead atoms. The van der Waals surface area contributed by atoms with Crippen LogP contribution in [0.25, 0.3) is 5.57 Å². The molecule has 0 saturated carbocycles. The van der Waals surface area contributed by atoms with Crippen molar-refractivity contribution < 1.29 is 24.1 Å². The Morgan fingerprint density at radius 1 is 1.04 bits per heavy atom. The van der Waals surface area contributed by atoms with Crippen LogP contribution in [-0.2, 0) is 4.79 Å². The predicted molar refractivity (Wildman–Crippen MR) is 96.8 cm³/mol. The Bertz CT molecular complexity index is 592. The number of hydrogen-bond donors (Lipinski definition) is 1. The summed E-state index contributed by atoms with van der Waals surface area (Å²) in [5.74, 6) is 0.939. The van der Waals surface area contributed by atoms with Crippen molar-refractivity contribution >= 4 is 34.9 Å². The van der Waals surface area contributed by atoms with Crippen LogP contribution in [0.2, 0.25) is 0 Å². The second-order valence-corrected chi connectivity index (χ2v) is 6.15. The van der Waals surface area contributed by atoms with E-state index < -0.39 is 0 Å². The van der Waals surface area contributed by atoms with Crippen molar-refractivity contribution in [3.8, 4) is 17.2 Å². The van der Waals surface area contributed by atoms with Crippen LogP contribution in [0.1, 0.15) is 5.56 Å². The lowest BCUT2D eigenvalue weighted by molar-refractivity contribution is -0.109. The quantitative estimate of drug-likeness (QED) is 0.562. The molecule has 0 aliphatic carbocycles. The van der Waals surface area contributed by atoms with Gasteiger partial charge in [0.1, 0.15) is 0 Å². The molecule has 0 spiro atoms. The number of carbonyl (C=O) groups excluding carboxylic acids is 1. The average Bonchev–Trinajstić information content (AvgIpc) is 2.59. The molecule has 1 N–H and O–H groups in total. The first kappa shape index (κ1) is 19.3. The van der Waals surface area contributed by atoms with E-state index in [0.29, 0.717) is 22.8 Å². The molecule has 23 heavy (non-hydrogen) atoms. The smallest absolute Gasteiger partial charge is 0.203 e.